The van der Waals surface area contributed by atoms with Crippen molar-refractivity contribution in [3.05, 3.63) is 0 Å². The first-order chi connectivity index (χ1) is 6.77. The molecule has 4 heteroatoms. The summed E-state index contributed by atoms with van der Waals surface area (Å²) >= 11 is 0. The minimum atomic E-state index is -0.731. The van der Waals surface area contributed by atoms with Crippen molar-refractivity contribution >= 4 is 6.16 Å². The molecule has 1 aliphatic rings. The van der Waals surface area contributed by atoms with Gasteiger partial charge in [0.1, 0.15) is 6.07 Å². The Balaban J connectivity index is 2.38. The fourth-order valence-corrected chi connectivity index (χ4v) is 1.74. The van der Waals surface area contributed by atoms with Crippen LogP contribution in [0.3, 0.4) is 0 Å². The normalized spacial score (nSPS) is 18.6. The number of rotatable bonds is 3. The Morgan fingerprint density at radius 1 is 1.57 bits per heavy atom. The summed E-state index contributed by atoms with van der Waals surface area (Å²) in [5.74, 6) is 0.199. The van der Waals surface area contributed by atoms with Crippen LogP contribution in [0.5, 0.6) is 0 Å². The largest absolute Gasteiger partial charge is 0.509 e. The van der Waals surface area contributed by atoms with Crippen molar-refractivity contribution < 1.29 is 14.3 Å². The second kappa shape index (κ2) is 5.48. The predicted molar refractivity (Wildman–Crippen MR) is 49.5 cm³/mol. The Morgan fingerprint density at radius 2 is 2.21 bits per heavy atom. The number of carbonyl (C=O) groups is 1. The van der Waals surface area contributed by atoms with Gasteiger partial charge in [-0.2, -0.15) is 5.26 Å². The number of nitriles is 1. The smallest absolute Gasteiger partial charge is 0.435 e. The number of carbonyl (C=O) groups excluding carboxylic acids is 1. The monoisotopic (exact) mass is 197 g/mol. The van der Waals surface area contributed by atoms with Gasteiger partial charge < -0.3 is 9.47 Å². The molecule has 0 radical (unpaired) electrons. The van der Waals surface area contributed by atoms with Crippen LogP contribution in [0.2, 0.25) is 0 Å². The Morgan fingerprint density at radius 3 is 2.71 bits per heavy atom. The highest BCUT2D eigenvalue weighted by Crippen LogP contribution is 2.29. The van der Waals surface area contributed by atoms with E-state index in [1.165, 1.54) is 0 Å². The maximum atomic E-state index is 11.0. The molecule has 1 fully saturated rings. The van der Waals surface area contributed by atoms with Gasteiger partial charge in [0.25, 0.3) is 0 Å². The van der Waals surface area contributed by atoms with Crippen molar-refractivity contribution in [1.29, 1.82) is 5.26 Å². The first-order valence-electron chi connectivity index (χ1n) is 5.01. The maximum Gasteiger partial charge on any atom is 0.509 e. The highest BCUT2D eigenvalue weighted by molar-refractivity contribution is 5.60. The van der Waals surface area contributed by atoms with E-state index in [1.807, 2.05) is 6.07 Å². The van der Waals surface area contributed by atoms with E-state index in [9.17, 15) is 4.79 Å². The second-order valence-electron chi connectivity index (χ2n) is 3.40. The van der Waals surface area contributed by atoms with Crippen molar-refractivity contribution in [3.63, 3.8) is 0 Å². The Bertz CT molecular complexity index is 228. The third-order valence-electron chi connectivity index (χ3n) is 2.44. The van der Waals surface area contributed by atoms with Gasteiger partial charge in [-0.3, -0.25) is 0 Å². The molecule has 0 bridgehead atoms. The molecule has 78 valence electrons. The topological polar surface area (TPSA) is 59.3 Å². The lowest BCUT2D eigenvalue weighted by molar-refractivity contribution is 0.0259. The van der Waals surface area contributed by atoms with Crippen LogP contribution < -0.4 is 0 Å². The van der Waals surface area contributed by atoms with Gasteiger partial charge in [0, 0.05) is 5.92 Å². The van der Waals surface area contributed by atoms with Crippen LogP contribution >= 0.6 is 0 Å². The quantitative estimate of drug-likeness (QED) is 0.651. The van der Waals surface area contributed by atoms with Crippen molar-refractivity contribution in [2.75, 3.05) is 6.61 Å². The summed E-state index contributed by atoms with van der Waals surface area (Å²) in [6.45, 7) is 1.99. The summed E-state index contributed by atoms with van der Waals surface area (Å²) in [7, 11) is 0. The van der Waals surface area contributed by atoms with E-state index in [-0.39, 0.29) is 12.5 Å². The zero-order valence-electron chi connectivity index (χ0n) is 8.36. The van der Waals surface area contributed by atoms with Gasteiger partial charge >= 0.3 is 6.16 Å². The van der Waals surface area contributed by atoms with Crippen LogP contribution in [0.25, 0.3) is 0 Å². The SMILES string of the molecule is CCOC(=O)OC(C#N)C1CCCC1. The summed E-state index contributed by atoms with van der Waals surface area (Å²) in [4.78, 5) is 11.0. The highest BCUT2D eigenvalue weighted by Gasteiger charge is 2.28. The highest BCUT2D eigenvalue weighted by atomic mass is 16.7. The van der Waals surface area contributed by atoms with Gasteiger partial charge in [-0.25, -0.2) is 4.79 Å². The average Bonchev–Trinajstić information content (AvgIpc) is 2.67. The molecule has 0 saturated heterocycles. The molecular weight excluding hydrogens is 182 g/mol. The van der Waals surface area contributed by atoms with Gasteiger partial charge in [0.15, 0.2) is 6.10 Å². The van der Waals surface area contributed by atoms with Crippen LogP contribution in [0.1, 0.15) is 32.6 Å². The molecular formula is C10H15NO3. The van der Waals surface area contributed by atoms with E-state index in [1.54, 1.807) is 6.92 Å². The van der Waals surface area contributed by atoms with Crippen LogP contribution in [-0.4, -0.2) is 18.9 Å². The van der Waals surface area contributed by atoms with Gasteiger partial charge in [-0.15, -0.1) is 0 Å². The molecule has 0 aromatic rings. The minimum absolute atomic E-state index is 0.199. The fraction of sp³-hybridized carbons (Fsp3) is 0.800. The number of hydrogen-bond acceptors (Lipinski definition) is 4. The number of hydrogen-bond donors (Lipinski definition) is 0. The molecule has 0 spiro atoms. The second-order valence-corrected chi connectivity index (χ2v) is 3.40. The molecule has 1 saturated carbocycles. The minimum Gasteiger partial charge on any atom is -0.435 e. The van der Waals surface area contributed by atoms with E-state index in [2.05, 4.69) is 4.74 Å². The Hall–Kier alpha value is -1.24. The van der Waals surface area contributed by atoms with Crippen LogP contribution in [0.15, 0.2) is 0 Å². The molecule has 0 N–H and O–H groups in total. The zero-order chi connectivity index (χ0) is 10.4. The molecule has 0 heterocycles. The number of ether oxygens (including phenoxy) is 2. The summed E-state index contributed by atoms with van der Waals surface area (Å²) in [5.41, 5.74) is 0. The summed E-state index contributed by atoms with van der Waals surface area (Å²) < 4.78 is 9.52. The molecule has 4 nitrogen and oxygen atoms in total. The van der Waals surface area contributed by atoms with Crippen molar-refractivity contribution in [1.82, 2.24) is 0 Å². The van der Waals surface area contributed by atoms with Crippen molar-refractivity contribution in [2.24, 2.45) is 5.92 Å². The summed E-state index contributed by atoms with van der Waals surface area (Å²) in [5, 5.41) is 8.82. The number of nitrogens with zero attached hydrogens (tertiary/aromatic N) is 1. The Labute approximate surface area is 83.8 Å². The van der Waals surface area contributed by atoms with Crippen LogP contribution in [0.4, 0.5) is 4.79 Å². The zero-order valence-corrected chi connectivity index (χ0v) is 8.36. The lowest BCUT2D eigenvalue weighted by Crippen LogP contribution is -2.24. The van der Waals surface area contributed by atoms with Gasteiger partial charge in [0.2, 0.25) is 0 Å². The summed E-state index contributed by atoms with van der Waals surface area (Å²) in [6, 6.07) is 2.01. The van der Waals surface area contributed by atoms with E-state index in [0.29, 0.717) is 0 Å². The molecule has 0 aromatic carbocycles. The Kier molecular flexibility index (Phi) is 4.24. The van der Waals surface area contributed by atoms with Gasteiger partial charge in [-0.1, -0.05) is 12.8 Å². The molecule has 14 heavy (non-hydrogen) atoms. The van der Waals surface area contributed by atoms with Gasteiger partial charge in [-0.05, 0) is 19.8 Å². The summed E-state index contributed by atoms with van der Waals surface area (Å²) in [6.07, 6.45) is 2.82. The molecule has 1 atom stereocenters. The predicted octanol–water partition coefficient (Wildman–Crippen LogP) is 2.24. The third-order valence-corrected chi connectivity index (χ3v) is 2.44. The first-order valence-corrected chi connectivity index (χ1v) is 5.01. The van der Waals surface area contributed by atoms with E-state index in [4.69, 9.17) is 10.00 Å². The third kappa shape index (κ3) is 2.91. The molecule has 1 aliphatic carbocycles. The van der Waals surface area contributed by atoms with Crippen LogP contribution in [-0.2, 0) is 9.47 Å². The molecule has 0 aliphatic heterocycles. The average molecular weight is 197 g/mol. The van der Waals surface area contributed by atoms with E-state index >= 15 is 0 Å². The van der Waals surface area contributed by atoms with Crippen molar-refractivity contribution in [2.45, 2.75) is 38.7 Å². The standard InChI is InChI=1S/C10H15NO3/c1-2-13-10(12)14-9(7-11)8-5-3-4-6-8/h8-9H,2-6H2,1H3. The lowest BCUT2D eigenvalue weighted by atomic mass is 10.0. The van der Waals surface area contributed by atoms with E-state index in [0.717, 1.165) is 25.7 Å². The fourth-order valence-electron chi connectivity index (χ4n) is 1.74. The molecule has 1 unspecified atom stereocenters. The maximum absolute atomic E-state index is 11.0. The molecule has 0 amide bonds. The lowest BCUT2D eigenvalue weighted by Gasteiger charge is -2.15. The van der Waals surface area contributed by atoms with Gasteiger partial charge in [0.05, 0.1) is 6.61 Å². The first kappa shape index (κ1) is 10.8. The van der Waals surface area contributed by atoms with E-state index < -0.39 is 12.3 Å². The molecule has 1 rings (SSSR count). The van der Waals surface area contributed by atoms with Crippen molar-refractivity contribution in [3.8, 4) is 6.07 Å². The molecule has 0 aromatic heterocycles. The van der Waals surface area contributed by atoms with Crippen LogP contribution in [0, 0.1) is 17.2 Å².